The molecule has 0 saturated carbocycles. The van der Waals surface area contributed by atoms with Crippen molar-refractivity contribution in [3.63, 3.8) is 0 Å². The van der Waals surface area contributed by atoms with Crippen LogP contribution in [0.3, 0.4) is 0 Å². The Labute approximate surface area is 117 Å². The molecule has 5 heteroatoms. The van der Waals surface area contributed by atoms with Gasteiger partial charge in [0.2, 0.25) is 5.91 Å². The van der Waals surface area contributed by atoms with Crippen LogP contribution in [-0.2, 0) is 20.7 Å². The molecule has 0 aromatic heterocycles. The molecule has 0 fully saturated rings. The van der Waals surface area contributed by atoms with Crippen LogP contribution in [0.4, 0.5) is 0 Å². The summed E-state index contributed by atoms with van der Waals surface area (Å²) in [5, 5.41) is 2.67. The predicted molar refractivity (Wildman–Crippen MR) is 76.2 cm³/mol. The molecule has 0 bridgehead atoms. The van der Waals surface area contributed by atoms with Gasteiger partial charge < -0.3 is 10.1 Å². The SMILES string of the molecule is COC(=O)C(C)(C)NC(=O)Cc1ccc(SC)cc1. The minimum atomic E-state index is -1.01. The Balaban J connectivity index is 2.62. The summed E-state index contributed by atoms with van der Waals surface area (Å²) in [4.78, 5) is 24.5. The maximum Gasteiger partial charge on any atom is 0.330 e. The van der Waals surface area contributed by atoms with Crippen LogP contribution in [0.2, 0.25) is 0 Å². The van der Waals surface area contributed by atoms with E-state index in [0.29, 0.717) is 0 Å². The monoisotopic (exact) mass is 281 g/mol. The summed E-state index contributed by atoms with van der Waals surface area (Å²) in [5.41, 5.74) is -0.0960. The Bertz CT molecular complexity index is 454. The molecule has 0 heterocycles. The fraction of sp³-hybridized carbons (Fsp3) is 0.429. The molecular formula is C14H19NO3S. The number of carbonyl (C=O) groups excluding carboxylic acids is 2. The number of hydrogen-bond donors (Lipinski definition) is 1. The Morgan fingerprint density at radius 2 is 1.84 bits per heavy atom. The van der Waals surface area contributed by atoms with Crippen molar-refractivity contribution < 1.29 is 14.3 Å². The van der Waals surface area contributed by atoms with Crippen molar-refractivity contribution in [3.8, 4) is 0 Å². The number of esters is 1. The van der Waals surface area contributed by atoms with Gasteiger partial charge in [-0.15, -0.1) is 11.8 Å². The first-order chi connectivity index (χ1) is 8.89. The van der Waals surface area contributed by atoms with Crippen LogP contribution in [0, 0.1) is 0 Å². The zero-order chi connectivity index (χ0) is 14.5. The van der Waals surface area contributed by atoms with Gasteiger partial charge in [-0.3, -0.25) is 4.79 Å². The normalized spacial score (nSPS) is 10.9. The highest BCUT2D eigenvalue weighted by Crippen LogP contribution is 2.15. The summed E-state index contributed by atoms with van der Waals surface area (Å²) >= 11 is 1.65. The molecule has 0 atom stereocenters. The maximum absolute atomic E-state index is 11.9. The molecule has 1 N–H and O–H groups in total. The smallest absolute Gasteiger partial charge is 0.330 e. The molecule has 0 unspecified atom stereocenters. The van der Waals surface area contributed by atoms with E-state index in [2.05, 4.69) is 10.1 Å². The first-order valence-electron chi connectivity index (χ1n) is 5.91. The number of ether oxygens (including phenoxy) is 1. The number of hydrogen-bond acceptors (Lipinski definition) is 4. The number of carbonyl (C=O) groups is 2. The molecule has 0 aliphatic carbocycles. The zero-order valence-corrected chi connectivity index (χ0v) is 12.5. The van der Waals surface area contributed by atoms with Gasteiger partial charge in [0, 0.05) is 4.90 Å². The summed E-state index contributed by atoms with van der Waals surface area (Å²) < 4.78 is 4.64. The van der Waals surface area contributed by atoms with Gasteiger partial charge in [0.15, 0.2) is 0 Å². The van der Waals surface area contributed by atoms with E-state index in [1.807, 2.05) is 30.5 Å². The van der Waals surface area contributed by atoms with Crippen molar-refractivity contribution in [2.24, 2.45) is 0 Å². The summed E-state index contributed by atoms with van der Waals surface area (Å²) in [7, 11) is 1.30. The van der Waals surface area contributed by atoms with Crippen molar-refractivity contribution in [1.29, 1.82) is 0 Å². The molecule has 1 aromatic rings. The number of amides is 1. The third-order valence-corrected chi connectivity index (χ3v) is 3.41. The lowest BCUT2D eigenvalue weighted by molar-refractivity contribution is -0.149. The van der Waals surface area contributed by atoms with Gasteiger partial charge in [0.25, 0.3) is 0 Å². The molecule has 1 aromatic carbocycles. The lowest BCUT2D eigenvalue weighted by Crippen LogP contribution is -2.50. The van der Waals surface area contributed by atoms with Crippen molar-refractivity contribution in [1.82, 2.24) is 5.32 Å². The third kappa shape index (κ3) is 4.59. The van der Waals surface area contributed by atoms with E-state index in [-0.39, 0.29) is 12.3 Å². The van der Waals surface area contributed by atoms with Crippen LogP contribution in [-0.4, -0.2) is 30.8 Å². The van der Waals surface area contributed by atoms with E-state index in [9.17, 15) is 9.59 Å². The fourth-order valence-electron chi connectivity index (χ4n) is 1.63. The molecule has 4 nitrogen and oxygen atoms in total. The van der Waals surface area contributed by atoms with E-state index >= 15 is 0 Å². The second-order valence-electron chi connectivity index (χ2n) is 4.69. The Kier molecular flexibility index (Phi) is 5.42. The van der Waals surface area contributed by atoms with Crippen molar-refractivity contribution >= 4 is 23.6 Å². The van der Waals surface area contributed by atoms with Crippen LogP contribution in [0.15, 0.2) is 29.2 Å². The lowest BCUT2D eigenvalue weighted by Gasteiger charge is -2.23. The van der Waals surface area contributed by atoms with E-state index in [1.165, 1.54) is 7.11 Å². The van der Waals surface area contributed by atoms with Crippen LogP contribution in [0.25, 0.3) is 0 Å². The second kappa shape index (κ2) is 6.61. The minimum absolute atomic E-state index is 0.202. The number of thioether (sulfide) groups is 1. The summed E-state index contributed by atoms with van der Waals surface area (Å²) in [6.45, 7) is 3.24. The van der Waals surface area contributed by atoms with E-state index in [1.54, 1.807) is 25.6 Å². The first kappa shape index (κ1) is 15.6. The number of nitrogens with one attached hydrogen (secondary N) is 1. The molecule has 0 aliphatic heterocycles. The molecule has 19 heavy (non-hydrogen) atoms. The summed E-state index contributed by atoms with van der Waals surface area (Å²) in [6, 6.07) is 7.77. The quantitative estimate of drug-likeness (QED) is 0.662. The molecule has 1 amide bonds. The maximum atomic E-state index is 11.9. The van der Waals surface area contributed by atoms with E-state index in [0.717, 1.165) is 10.5 Å². The van der Waals surface area contributed by atoms with Crippen LogP contribution < -0.4 is 5.32 Å². The van der Waals surface area contributed by atoms with Crippen molar-refractivity contribution in [3.05, 3.63) is 29.8 Å². The summed E-state index contributed by atoms with van der Waals surface area (Å²) in [5.74, 6) is -0.661. The van der Waals surface area contributed by atoms with Gasteiger partial charge in [-0.25, -0.2) is 4.79 Å². The minimum Gasteiger partial charge on any atom is -0.467 e. The largest absolute Gasteiger partial charge is 0.467 e. The van der Waals surface area contributed by atoms with Gasteiger partial charge in [-0.05, 0) is 37.8 Å². The van der Waals surface area contributed by atoms with Gasteiger partial charge in [0.1, 0.15) is 5.54 Å². The molecule has 104 valence electrons. The van der Waals surface area contributed by atoms with Crippen molar-refractivity contribution in [2.75, 3.05) is 13.4 Å². The molecule has 1 rings (SSSR count). The molecule has 0 aliphatic rings. The van der Waals surface area contributed by atoms with Crippen molar-refractivity contribution in [2.45, 2.75) is 30.7 Å². The van der Waals surface area contributed by atoms with Gasteiger partial charge >= 0.3 is 5.97 Å². The molecular weight excluding hydrogens is 262 g/mol. The number of methoxy groups -OCH3 is 1. The highest BCUT2D eigenvalue weighted by molar-refractivity contribution is 7.98. The lowest BCUT2D eigenvalue weighted by atomic mass is 10.0. The molecule has 0 radical (unpaired) electrons. The Morgan fingerprint density at radius 3 is 2.32 bits per heavy atom. The zero-order valence-electron chi connectivity index (χ0n) is 11.6. The fourth-order valence-corrected chi connectivity index (χ4v) is 2.04. The number of benzene rings is 1. The standard InChI is InChI=1S/C14H19NO3S/c1-14(2,13(17)18-3)15-12(16)9-10-5-7-11(19-4)8-6-10/h5-8H,9H2,1-4H3,(H,15,16). The number of rotatable bonds is 5. The first-order valence-corrected chi connectivity index (χ1v) is 7.14. The molecule has 0 saturated heterocycles. The predicted octanol–water partition coefficient (Wildman–Crippen LogP) is 2.02. The topological polar surface area (TPSA) is 55.4 Å². The van der Waals surface area contributed by atoms with Gasteiger partial charge in [-0.1, -0.05) is 12.1 Å². The Hall–Kier alpha value is -1.49. The van der Waals surface area contributed by atoms with E-state index < -0.39 is 11.5 Å². The van der Waals surface area contributed by atoms with Crippen LogP contribution in [0.5, 0.6) is 0 Å². The highest BCUT2D eigenvalue weighted by atomic mass is 32.2. The highest BCUT2D eigenvalue weighted by Gasteiger charge is 2.30. The average Bonchev–Trinajstić information content (AvgIpc) is 2.37. The Morgan fingerprint density at radius 1 is 1.26 bits per heavy atom. The third-order valence-electron chi connectivity index (χ3n) is 2.67. The second-order valence-corrected chi connectivity index (χ2v) is 5.57. The molecule has 0 spiro atoms. The van der Waals surface area contributed by atoms with Gasteiger partial charge in [0.05, 0.1) is 13.5 Å². The van der Waals surface area contributed by atoms with Crippen LogP contribution in [0.1, 0.15) is 19.4 Å². The van der Waals surface area contributed by atoms with Crippen LogP contribution >= 0.6 is 11.8 Å². The van der Waals surface area contributed by atoms with E-state index in [4.69, 9.17) is 0 Å². The summed E-state index contributed by atoms with van der Waals surface area (Å²) in [6.07, 6.45) is 2.25. The average molecular weight is 281 g/mol. The van der Waals surface area contributed by atoms with Gasteiger partial charge in [-0.2, -0.15) is 0 Å².